The van der Waals surface area contributed by atoms with Crippen LogP contribution >= 0.6 is 35.7 Å². The van der Waals surface area contributed by atoms with E-state index >= 15 is 0 Å². The number of carboxylic acid groups (broad SMARTS) is 1. The van der Waals surface area contributed by atoms with Crippen molar-refractivity contribution in [1.29, 1.82) is 0 Å². The average molecular weight is 396 g/mol. The molecule has 0 spiro atoms. The van der Waals surface area contributed by atoms with E-state index in [2.05, 4.69) is 9.44 Å². The van der Waals surface area contributed by atoms with Gasteiger partial charge in [0.15, 0.2) is 0 Å². The van der Waals surface area contributed by atoms with Crippen LogP contribution in [0.25, 0.3) is 0 Å². The van der Waals surface area contributed by atoms with Crippen LogP contribution in [0.4, 0.5) is 0 Å². The standard InChI is InChI=1S/C5H11NO2S.2C4H5NS.2Na.2H/c1-9-3-2-4(6)5(7)8;2*1-2-4-6-5-3-1;;;;/h4H,2-3,6H2,1H3,(H,7,8);2*1-5H;;;;. The molecule has 2 rings (SSSR count). The summed E-state index contributed by atoms with van der Waals surface area (Å²) in [6, 6.07) is -0.683. The Bertz CT molecular complexity index is 347. The van der Waals surface area contributed by atoms with Crippen LogP contribution in [0, 0.1) is 0 Å². The molecule has 0 bridgehead atoms. The molecule has 10 heteroatoms. The van der Waals surface area contributed by atoms with E-state index < -0.39 is 12.0 Å². The molecule has 1 atom stereocenters. The van der Waals surface area contributed by atoms with Gasteiger partial charge >= 0.3 is 65.1 Å². The van der Waals surface area contributed by atoms with Gasteiger partial charge in [-0.15, -0.1) is 0 Å². The summed E-state index contributed by atoms with van der Waals surface area (Å²) in [5.41, 5.74) is 5.19. The minimum absolute atomic E-state index is 0. The minimum atomic E-state index is -0.913. The van der Waals surface area contributed by atoms with Gasteiger partial charge < -0.3 is 20.3 Å². The fraction of sp³-hybridized carbons (Fsp3) is 0.308. The van der Waals surface area contributed by atoms with Crippen molar-refractivity contribution in [3.63, 3.8) is 0 Å². The van der Waals surface area contributed by atoms with Gasteiger partial charge in [-0.1, -0.05) is 12.2 Å². The molecule has 0 fully saturated rings. The Hall–Kier alpha value is 1.04. The van der Waals surface area contributed by atoms with Gasteiger partial charge in [-0.3, -0.25) is 4.79 Å². The number of hydrogen-bond donors (Lipinski definition) is 4. The molecule has 0 aliphatic carbocycles. The van der Waals surface area contributed by atoms with Crippen molar-refractivity contribution in [3.05, 3.63) is 47.5 Å². The third-order valence-corrected chi connectivity index (χ3v) is 3.70. The number of aliphatic carboxylic acids is 1. The topological polar surface area (TPSA) is 87.4 Å². The molecule has 0 amide bonds. The Morgan fingerprint density at radius 1 is 1.13 bits per heavy atom. The number of nitrogens with two attached hydrogens (primary N) is 1. The van der Waals surface area contributed by atoms with Crippen molar-refractivity contribution in [3.8, 4) is 0 Å². The van der Waals surface area contributed by atoms with Gasteiger partial charge in [0.1, 0.15) is 6.04 Å². The van der Waals surface area contributed by atoms with Crippen LogP contribution in [0.1, 0.15) is 6.42 Å². The van der Waals surface area contributed by atoms with E-state index in [0.29, 0.717) is 6.42 Å². The van der Waals surface area contributed by atoms with Gasteiger partial charge in [0.2, 0.25) is 0 Å². The summed E-state index contributed by atoms with van der Waals surface area (Å²) in [5, 5.41) is 12.2. The van der Waals surface area contributed by atoms with Gasteiger partial charge in [0.05, 0.1) is 0 Å². The van der Waals surface area contributed by atoms with E-state index in [4.69, 9.17) is 10.8 Å². The summed E-state index contributed by atoms with van der Waals surface area (Å²) in [6.45, 7) is 0. The molecule has 0 saturated carbocycles. The summed E-state index contributed by atoms with van der Waals surface area (Å²) >= 11 is 4.76. The predicted molar refractivity (Wildman–Crippen MR) is 111 cm³/mol. The van der Waals surface area contributed by atoms with Gasteiger partial charge in [0.25, 0.3) is 0 Å². The van der Waals surface area contributed by atoms with E-state index in [9.17, 15) is 4.79 Å². The SMILES string of the molecule is C1=CNSC=C1.C1=CNSC=C1.CSCCC(N)C(=O)O.[NaH].[NaH]. The molecule has 122 valence electrons. The van der Waals surface area contributed by atoms with Crippen LogP contribution in [0.2, 0.25) is 0 Å². The maximum absolute atomic E-state index is 10.1. The van der Waals surface area contributed by atoms with Crippen molar-refractivity contribution in [2.45, 2.75) is 12.5 Å². The summed E-state index contributed by atoms with van der Waals surface area (Å²) in [7, 11) is 0. The molecule has 1 unspecified atom stereocenters. The normalized spacial score (nSPS) is 14.2. The molecule has 0 saturated heterocycles. The first kappa shape index (κ1) is 28.8. The molecular weight excluding hydrogens is 372 g/mol. The van der Waals surface area contributed by atoms with E-state index in [0.717, 1.165) is 5.75 Å². The van der Waals surface area contributed by atoms with Crippen LogP contribution in [0.15, 0.2) is 47.5 Å². The maximum atomic E-state index is 10.1. The zero-order chi connectivity index (χ0) is 15.8. The fourth-order valence-corrected chi connectivity index (χ4v) is 2.18. The van der Waals surface area contributed by atoms with Crippen LogP contribution in [0.5, 0.6) is 0 Å². The number of thioether (sulfide) groups is 1. The van der Waals surface area contributed by atoms with Crippen LogP contribution in [0.3, 0.4) is 0 Å². The quantitative estimate of drug-likeness (QED) is 0.420. The number of carbonyl (C=O) groups is 1. The molecule has 0 aromatic heterocycles. The molecule has 5 N–H and O–H groups in total. The molecule has 2 aliphatic heterocycles. The van der Waals surface area contributed by atoms with Crippen molar-refractivity contribution in [1.82, 2.24) is 9.44 Å². The Balaban J connectivity index is -0.000000255. The first-order chi connectivity index (χ1) is 10.2. The summed E-state index contributed by atoms with van der Waals surface area (Å²) in [6.07, 6.45) is 14.1. The van der Waals surface area contributed by atoms with Gasteiger partial charge in [0, 0.05) is 12.4 Å². The zero-order valence-electron chi connectivity index (χ0n) is 11.8. The van der Waals surface area contributed by atoms with Crippen molar-refractivity contribution < 1.29 is 9.90 Å². The second kappa shape index (κ2) is 23.0. The first-order valence-corrected chi connectivity index (χ1v) is 9.27. The van der Waals surface area contributed by atoms with Crippen LogP contribution in [-0.2, 0) is 4.79 Å². The molecule has 0 aromatic carbocycles. The number of carboxylic acids is 1. The molecule has 2 aliphatic rings. The Morgan fingerprint density at radius 2 is 1.61 bits per heavy atom. The Morgan fingerprint density at radius 3 is 1.78 bits per heavy atom. The van der Waals surface area contributed by atoms with Crippen LogP contribution in [-0.4, -0.2) is 88.2 Å². The molecule has 0 aromatic rings. The van der Waals surface area contributed by atoms with E-state index in [1.165, 1.54) is 0 Å². The second-order valence-corrected chi connectivity index (χ2v) is 6.05. The third kappa shape index (κ3) is 23.0. The van der Waals surface area contributed by atoms with Crippen LogP contribution < -0.4 is 15.2 Å². The van der Waals surface area contributed by atoms with Crippen molar-refractivity contribution in [2.24, 2.45) is 5.73 Å². The molecule has 2 heterocycles. The number of hydrogen-bond acceptors (Lipinski definition) is 7. The third-order valence-electron chi connectivity index (χ3n) is 1.93. The number of rotatable bonds is 4. The molecule has 0 radical (unpaired) electrons. The Kier molecular flexibility index (Phi) is 28.9. The van der Waals surface area contributed by atoms with E-state index in [1.54, 1.807) is 35.7 Å². The van der Waals surface area contributed by atoms with Gasteiger partial charge in [-0.05, 0) is 65.3 Å². The van der Waals surface area contributed by atoms with Crippen molar-refractivity contribution >= 4 is 101 Å². The van der Waals surface area contributed by atoms with E-state index in [1.807, 2.05) is 53.8 Å². The predicted octanol–water partition coefficient (Wildman–Crippen LogP) is 1.38. The second-order valence-electron chi connectivity index (χ2n) is 3.57. The summed E-state index contributed by atoms with van der Waals surface area (Å²) < 4.78 is 5.87. The monoisotopic (exact) mass is 395 g/mol. The molecular formula is C13H23N3Na2O2S3. The average Bonchev–Trinajstić information content (AvgIpc) is 2.57. The summed E-state index contributed by atoms with van der Waals surface area (Å²) in [4.78, 5) is 10.1. The van der Waals surface area contributed by atoms with Crippen molar-refractivity contribution in [2.75, 3.05) is 12.0 Å². The van der Waals surface area contributed by atoms with Gasteiger partial charge in [-0.25, -0.2) is 0 Å². The number of nitrogens with one attached hydrogen (secondary N) is 2. The Labute approximate surface area is 195 Å². The zero-order valence-corrected chi connectivity index (χ0v) is 14.2. The molecule has 23 heavy (non-hydrogen) atoms. The summed E-state index contributed by atoms with van der Waals surface area (Å²) in [5.74, 6) is -0.1000. The van der Waals surface area contributed by atoms with Gasteiger partial charge in [-0.2, -0.15) is 11.8 Å². The first-order valence-electron chi connectivity index (χ1n) is 6.11. The fourth-order valence-electron chi connectivity index (χ4n) is 0.884. The molecule has 5 nitrogen and oxygen atoms in total. The number of allylic oxidation sites excluding steroid dienone is 4. The van der Waals surface area contributed by atoms with E-state index in [-0.39, 0.29) is 59.1 Å².